The number of ether oxygens (including phenoxy) is 1. The van der Waals surface area contributed by atoms with E-state index in [4.69, 9.17) is 4.74 Å². The molecule has 2 aromatic rings. The Labute approximate surface area is 196 Å². The highest BCUT2D eigenvalue weighted by Crippen LogP contribution is 2.40. The van der Waals surface area contributed by atoms with Crippen molar-refractivity contribution in [1.82, 2.24) is 9.80 Å². The molecule has 0 radical (unpaired) electrons. The van der Waals surface area contributed by atoms with Crippen LogP contribution in [-0.4, -0.2) is 59.9 Å². The summed E-state index contributed by atoms with van der Waals surface area (Å²) in [4.78, 5) is 30.2. The zero-order chi connectivity index (χ0) is 24.1. The topological polar surface area (TPSA) is 70.1 Å². The third-order valence-corrected chi connectivity index (χ3v) is 6.39. The highest BCUT2D eigenvalue weighted by molar-refractivity contribution is 6.46. The summed E-state index contributed by atoms with van der Waals surface area (Å²) in [5.74, 6) is -0.646. The average molecular weight is 451 g/mol. The molecule has 0 bridgehead atoms. The minimum atomic E-state index is -0.646. The second-order valence-corrected chi connectivity index (χ2v) is 8.46. The summed E-state index contributed by atoms with van der Waals surface area (Å²) in [6.07, 6.45) is 0.741. The fourth-order valence-corrected chi connectivity index (χ4v) is 4.38. The molecule has 0 spiro atoms. The van der Waals surface area contributed by atoms with Crippen molar-refractivity contribution in [3.05, 3.63) is 70.3 Å². The van der Waals surface area contributed by atoms with Gasteiger partial charge in [-0.1, -0.05) is 43.7 Å². The number of nitrogens with zero attached hydrogens (tertiary/aromatic N) is 2. The number of ketones is 1. The van der Waals surface area contributed by atoms with Gasteiger partial charge in [-0.05, 0) is 69.2 Å². The molecule has 1 atom stereocenters. The summed E-state index contributed by atoms with van der Waals surface area (Å²) in [6, 6.07) is 12.4. The fraction of sp³-hybridized carbons (Fsp3) is 0.407. The van der Waals surface area contributed by atoms with Gasteiger partial charge < -0.3 is 19.6 Å². The number of aryl methyl sites for hydroxylation is 2. The molecule has 3 rings (SSSR count). The van der Waals surface area contributed by atoms with Crippen LogP contribution in [0.4, 0.5) is 0 Å². The lowest BCUT2D eigenvalue weighted by Gasteiger charge is -2.27. The van der Waals surface area contributed by atoms with Crippen LogP contribution in [0.3, 0.4) is 0 Å². The second-order valence-electron chi connectivity index (χ2n) is 8.46. The normalized spacial score (nSPS) is 17.8. The number of methoxy groups -OCH3 is 1. The maximum atomic E-state index is 13.2. The molecule has 1 heterocycles. The van der Waals surface area contributed by atoms with E-state index < -0.39 is 17.7 Å². The van der Waals surface area contributed by atoms with E-state index in [1.807, 2.05) is 56.3 Å². The molecule has 0 aliphatic carbocycles. The Morgan fingerprint density at radius 2 is 1.73 bits per heavy atom. The molecule has 0 aromatic heterocycles. The van der Waals surface area contributed by atoms with Gasteiger partial charge in [0.25, 0.3) is 11.7 Å². The van der Waals surface area contributed by atoms with Crippen LogP contribution in [0.5, 0.6) is 5.75 Å². The minimum Gasteiger partial charge on any atom is -0.507 e. The Morgan fingerprint density at radius 3 is 2.33 bits per heavy atom. The molecule has 0 saturated carbocycles. The number of Topliss-reactive ketones (excluding diaryl/α,β-unsaturated/α-hetero) is 1. The molecular formula is C27H34N2O4. The van der Waals surface area contributed by atoms with Crippen molar-refractivity contribution in [2.24, 2.45) is 0 Å². The van der Waals surface area contributed by atoms with Crippen molar-refractivity contribution in [2.45, 2.75) is 40.2 Å². The molecule has 1 fully saturated rings. The first kappa shape index (κ1) is 24.5. The first-order chi connectivity index (χ1) is 15.8. The summed E-state index contributed by atoms with van der Waals surface area (Å²) in [6.45, 7) is 11.2. The number of aliphatic hydroxyl groups excluding tert-OH is 1. The van der Waals surface area contributed by atoms with Gasteiger partial charge in [0.05, 0.1) is 18.7 Å². The summed E-state index contributed by atoms with van der Waals surface area (Å²) in [5.41, 5.74) is 3.30. The van der Waals surface area contributed by atoms with Crippen LogP contribution in [0.25, 0.3) is 5.76 Å². The zero-order valence-electron chi connectivity index (χ0n) is 20.2. The lowest BCUT2D eigenvalue weighted by Crippen LogP contribution is -2.33. The van der Waals surface area contributed by atoms with Crippen LogP contribution in [0.2, 0.25) is 0 Å². The summed E-state index contributed by atoms with van der Waals surface area (Å²) >= 11 is 0. The fourth-order valence-electron chi connectivity index (χ4n) is 4.38. The Kier molecular flexibility index (Phi) is 7.92. The highest BCUT2D eigenvalue weighted by Gasteiger charge is 2.45. The van der Waals surface area contributed by atoms with Crippen molar-refractivity contribution in [3.8, 4) is 5.75 Å². The van der Waals surface area contributed by atoms with Gasteiger partial charge in [-0.15, -0.1) is 0 Å². The van der Waals surface area contributed by atoms with E-state index >= 15 is 0 Å². The predicted octanol–water partition coefficient (Wildman–Crippen LogP) is 4.47. The van der Waals surface area contributed by atoms with Gasteiger partial charge in [-0.25, -0.2) is 0 Å². The Bertz CT molecular complexity index is 1040. The minimum absolute atomic E-state index is 0.124. The monoisotopic (exact) mass is 450 g/mol. The molecule has 1 amide bonds. The number of aliphatic hydroxyl groups is 1. The average Bonchev–Trinajstić information content (AvgIpc) is 3.08. The molecule has 1 N–H and O–H groups in total. The van der Waals surface area contributed by atoms with Crippen LogP contribution in [0.1, 0.15) is 48.6 Å². The van der Waals surface area contributed by atoms with Crippen LogP contribution in [-0.2, 0) is 9.59 Å². The summed E-state index contributed by atoms with van der Waals surface area (Å²) < 4.78 is 5.27. The number of rotatable bonds is 9. The van der Waals surface area contributed by atoms with Gasteiger partial charge in [0.1, 0.15) is 11.5 Å². The van der Waals surface area contributed by atoms with E-state index in [0.717, 1.165) is 42.7 Å². The Hall–Kier alpha value is -3.12. The zero-order valence-corrected chi connectivity index (χ0v) is 20.2. The van der Waals surface area contributed by atoms with Gasteiger partial charge in [0, 0.05) is 12.1 Å². The van der Waals surface area contributed by atoms with E-state index in [0.29, 0.717) is 17.9 Å². The molecule has 6 nitrogen and oxygen atoms in total. The van der Waals surface area contributed by atoms with E-state index in [1.54, 1.807) is 12.0 Å². The lowest BCUT2D eigenvalue weighted by molar-refractivity contribution is -0.140. The van der Waals surface area contributed by atoms with Gasteiger partial charge in [0.15, 0.2) is 0 Å². The van der Waals surface area contributed by atoms with E-state index in [1.165, 1.54) is 0 Å². The molecule has 1 aliphatic heterocycles. The van der Waals surface area contributed by atoms with Crippen LogP contribution in [0.15, 0.2) is 48.0 Å². The standard InChI is InChI=1S/C27H34N2O4/c1-6-28(7-2)15-8-16-29-24(20-11-13-21(33-5)14-12-20)23(26(31)27(29)32)25(30)22-17-18(3)9-10-19(22)4/h9-14,17,24,30H,6-8,15-16H2,1-5H3. The van der Waals surface area contributed by atoms with Gasteiger partial charge >= 0.3 is 0 Å². The molecule has 1 unspecified atom stereocenters. The number of amides is 1. The van der Waals surface area contributed by atoms with E-state index in [9.17, 15) is 14.7 Å². The molecule has 6 heteroatoms. The van der Waals surface area contributed by atoms with E-state index in [2.05, 4.69) is 18.7 Å². The number of benzene rings is 2. The molecule has 176 valence electrons. The number of hydrogen-bond acceptors (Lipinski definition) is 5. The van der Waals surface area contributed by atoms with Crippen molar-refractivity contribution in [3.63, 3.8) is 0 Å². The summed E-state index contributed by atoms with van der Waals surface area (Å²) in [7, 11) is 1.59. The van der Waals surface area contributed by atoms with Crippen LogP contribution in [0, 0.1) is 13.8 Å². The predicted molar refractivity (Wildman–Crippen MR) is 130 cm³/mol. The molecule has 33 heavy (non-hydrogen) atoms. The van der Waals surface area contributed by atoms with E-state index in [-0.39, 0.29) is 11.3 Å². The Balaban J connectivity index is 2.07. The smallest absolute Gasteiger partial charge is 0.295 e. The van der Waals surface area contributed by atoms with Crippen LogP contribution < -0.4 is 4.74 Å². The summed E-state index contributed by atoms with van der Waals surface area (Å²) in [5, 5.41) is 11.3. The SMILES string of the molecule is CCN(CC)CCCN1C(=O)C(=O)C(=C(O)c2cc(C)ccc2C)C1c1ccc(OC)cc1. The number of hydrogen-bond donors (Lipinski definition) is 1. The maximum Gasteiger partial charge on any atom is 0.295 e. The van der Waals surface area contributed by atoms with Gasteiger partial charge in [-0.3, -0.25) is 9.59 Å². The molecule has 1 saturated heterocycles. The second kappa shape index (κ2) is 10.7. The number of carbonyl (C=O) groups is 2. The third kappa shape index (κ3) is 5.11. The van der Waals surface area contributed by atoms with Crippen molar-refractivity contribution < 1.29 is 19.4 Å². The van der Waals surface area contributed by atoms with Crippen molar-refractivity contribution >= 4 is 17.4 Å². The molecular weight excluding hydrogens is 416 g/mol. The van der Waals surface area contributed by atoms with Gasteiger partial charge in [0.2, 0.25) is 0 Å². The van der Waals surface area contributed by atoms with Crippen LogP contribution >= 0.6 is 0 Å². The first-order valence-corrected chi connectivity index (χ1v) is 11.5. The third-order valence-electron chi connectivity index (χ3n) is 6.39. The molecule has 2 aromatic carbocycles. The first-order valence-electron chi connectivity index (χ1n) is 11.5. The molecule has 1 aliphatic rings. The Morgan fingerprint density at radius 1 is 1.06 bits per heavy atom. The lowest BCUT2D eigenvalue weighted by atomic mass is 9.93. The van der Waals surface area contributed by atoms with Gasteiger partial charge in [-0.2, -0.15) is 0 Å². The maximum absolute atomic E-state index is 13.2. The largest absolute Gasteiger partial charge is 0.507 e. The highest BCUT2D eigenvalue weighted by atomic mass is 16.5. The van der Waals surface area contributed by atoms with Crippen molar-refractivity contribution in [1.29, 1.82) is 0 Å². The van der Waals surface area contributed by atoms with Crippen molar-refractivity contribution in [2.75, 3.05) is 33.3 Å². The number of carbonyl (C=O) groups excluding carboxylic acids is 2. The quantitative estimate of drug-likeness (QED) is 0.347. The number of likely N-dealkylation sites (tertiary alicyclic amines) is 1.